The highest BCUT2D eigenvalue weighted by Crippen LogP contribution is 2.42. The molecule has 0 spiro atoms. The molecule has 176 valence electrons. The van der Waals surface area contributed by atoms with Crippen LogP contribution >= 0.6 is 0 Å². The van der Waals surface area contributed by atoms with Crippen LogP contribution in [0.3, 0.4) is 0 Å². The Bertz CT molecular complexity index is 1210. The van der Waals surface area contributed by atoms with Gasteiger partial charge in [0.05, 0.1) is 42.7 Å². The fraction of sp³-hybridized carbons (Fsp3) is 0.462. The van der Waals surface area contributed by atoms with E-state index in [-0.39, 0.29) is 17.6 Å². The van der Waals surface area contributed by atoms with Gasteiger partial charge >= 0.3 is 0 Å². The van der Waals surface area contributed by atoms with Gasteiger partial charge in [0.25, 0.3) is 5.91 Å². The summed E-state index contributed by atoms with van der Waals surface area (Å²) in [6.45, 7) is 5.72. The zero-order valence-corrected chi connectivity index (χ0v) is 19.8. The summed E-state index contributed by atoms with van der Waals surface area (Å²) >= 11 is 0. The molecule has 5 rings (SSSR count). The van der Waals surface area contributed by atoms with Gasteiger partial charge < -0.3 is 19.1 Å². The van der Waals surface area contributed by atoms with E-state index in [1.54, 1.807) is 13.2 Å². The van der Waals surface area contributed by atoms with Gasteiger partial charge in [0, 0.05) is 37.1 Å². The Balaban J connectivity index is 1.41. The summed E-state index contributed by atoms with van der Waals surface area (Å²) in [6, 6.07) is 7.74. The molecule has 1 aliphatic heterocycles. The number of nitrogens with zero attached hydrogens (tertiary/aromatic N) is 4. The third-order valence-electron chi connectivity index (χ3n) is 6.59. The first-order valence-electron chi connectivity index (χ1n) is 11.7. The van der Waals surface area contributed by atoms with Crippen LogP contribution in [-0.4, -0.2) is 59.3 Å². The maximum absolute atomic E-state index is 13.0. The first-order chi connectivity index (χ1) is 16.4. The van der Waals surface area contributed by atoms with E-state index in [9.17, 15) is 10.1 Å². The molecule has 1 aromatic carbocycles. The van der Waals surface area contributed by atoms with E-state index < -0.39 is 0 Å². The van der Waals surface area contributed by atoms with Crippen molar-refractivity contribution in [2.45, 2.75) is 51.2 Å². The first kappa shape index (κ1) is 22.4. The van der Waals surface area contributed by atoms with E-state index in [1.807, 2.05) is 30.0 Å². The largest absolute Gasteiger partial charge is 0.496 e. The summed E-state index contributed by atoms with van der Waals surface area (Å²) in [5, 5.41) is 9.52. The van der Waals surface area contributed by atoms with Crippen LogP contribution in [0.25, 0.3) is 5.57 Å². The number of ether oxygens (including phenoxy) is 3. The number of rotatable bonds is 6. The number of methoxy groups -OCH3 is 1. The summed E-state index contributed by atoms with van der Waals surface area (Å²) in [6.07, 6.45) is 4.85. The molecule has 8 heteroatoms. The number of morpholine rings is 1. The minimum atomic E-state index is -0.223. The van der Waals surface area contributed by atoms with Crippen LogP contribution in [-0.2, 0) is 17.6 Å². The van der Waals surface area contributed by atoms with E-state index >= 15 is 0 Å². The zero-order chi connectivity index (χ0) is 23.9. The molecule has 2 aliphatic carbocycles. The summed E-state index contributed by atoms with van der Waals surface area (Å²) in [4.78, 5) is 24.3. The number of allylic oxidation sites excluding steroid dienone is 2. The number of aromatic nitrogens is 2. The second-order valence-electron chi connectivity index (χ2n) is 9.39. The van der Waals surface area contributed by atoms with Gasteiger partial charge in [0.1, 0.15) is 17.2 Å². The number of carbonyl (C=O) groups excluding carboxylic acids is 1. The molecular formula is C26H28N4O4. The maximum Gasteiger partial charge on any atom is 0.254 e. The lowest BCUT2D eigenvalue weighted by Gasteiger charge is -2.31. The van der Waals surface area contributed by atoms with E-state index in [0.29, 0.717) is 66.7 Å². The third-order valence-corrected chi connectivity index (χ3v) is 6.59. The Hall–Kier alpha value is -3.44. The molecule has 0 radical (unpaired) electrons. The molecule has 3 aliphatic rings. The molecule has 0 N–H and O–H groups in total. The average Bonchev–Trinajstić information content (AvgIpc) is 3.40. The minimum absolute atomic E-state index is 0.0289. The molecule has 0 unspecified atom stereocenters. The van der Waals surface area contributed by atoms with Crippen molar-refractivity contribution in [1.82, 2.24) is 14.9 Å². The van der Waals surface area contributed by atoms with Crippen molar-refractivity contribution in [2.24, 2.45) is 0 Å². The Kier molecular flexibility index (Phi) is 5.74. The molecule has 2 fully saturated rings. The standard InChI is InChI=1S/C26H28N4O4/c1-16-15-30(10-11-33-16)25(31)18-5-4-17(21(12-18)32-3)13-22-28-20-7-6-19(14-27)23(20)24(29-22)34-26(2)8-9-26/h4-6,12,16H,7-11,13,15H2,1-3H3/t16-/m1/s1. The van der Waals surface area contributed by atoms with Crippen molar-refractivity contribution in [3.8, 4) is 17.7 Å². The number of benzene rings is 1. The van der Waals surface area contributed by atoms with Crippen molar-refractivity contribution >= 4 is 11.5 Å². The molecule has 8 nitrogen and oxygen atoms in total. The fourth-order valence-corrected chi connectivity index (χ4v) is 4.40. The summed E-state index contributed by atoms with van der Waals surface area (Å²) in [5.41, 5.74) is 3.33. The van der Waals surface area contributed by atoms with Crippen molar-refractivity contribution in [1.29, 1.82) is 5.26 Å². The molecule has 2 aromatic rings. The predicted octanol–water partition coefficient (Wildman–Crippen LogP) is 3.33. The van der Waals surface area contributed by atoms with E-state index in [2.05, 4.69) is 13.0 Å². The number of fused-ring (bicyclic) bond motifs is 1. The lowest BCUT2D eigenvalue weighted by Crippen LogP contribution is -2.44. The Labute approximate surface area is 199 Å². The van der Waals surface area contributed by atoms with E-state index in [1.165, 1.54) is 0 Å². The second kappa shape index (κ2) is 8.73. The van der Waals surface area contributed by atoms with Crippen LogP contribution in [0.1, 0.15) is 59.7 Å². The zero-order valence-electron chi connectivity index (χ0n) is 19.8. The lowest BCUT2D eigenvalue weighted by atomic mass is 10.1. The SMILES string of the molecule is COc1cc(C(=O)N2CCO[C@H](C)C2)ccc1Cc1nc2c(c(OC3(C)CC3)n1)C(C#N)=CC2. The van der Waals surface area contributed by atoms with Crippen LogP contribution in [0.4, 0.5) is 0 Å². The highest BCUT2D eigenvalue weighted by atomic mass is 16.5. The van der Waals surface area contributed by atoms with E-state index in [4.69, 9.17) is 24.2 Å². The lowest BCUT2D eigenvalue weighted by molar-refractivity contribution is -0.0124. The van der Waals surface area contributed by atoms with Gasteiger partial charge in [-0.2, -0.15) is 10.2 Å². The normalized spacial score (nSPS) is 20.2. The summed E-state index contributed by atoms with van der Waals surface area (Å²) in [7, 11) is 1.60. The summed E-state index contributed by atoms with van der Waals surface area (Å²) < 4.78 is 17.4. The Morgan fingerprint density at radius 1 is 1.35 bits per heavy atom. The number of hydrogen-bond acceptors (Lipinski definition) is 7. The van der Waals surface area contributed by atoms with Crippen LogP contribution in [0.15, 0.2) is 24.3 Å². The maximum atomic E-state index is 13.0. The molecule has 0 bridgehead atoms. The van der Waals surface area contributed by atoms with Crippen LogP contribution in [0.5, 0.6) is 11.6 Å². The Morgan fingerprint density at radius 2 is 2.18 bits per heavy atom. The molecule has 1 aromatic heterocycles. The molecule has 34 heavy (non-hydrogen) atoms. The molecule has 1 saturated carbocycles. The molecule has 1 atom stereocenters. The van der Waals surface area contributed by atoms with Gasteiger partial charge in [-0.05, 0) is 38.8 Å². The molecular weight excluding hydrogens is 432 g/mol. The highest BCUT2D eigenvalue weighted by Gasteiger charge is 2.42. The monoisotopic (exact) mass is 460 g/mol. The van der Waals surface area contributed by atoms with Crippen LogP contribution in [0, 0.1) is 11.3 Å². The van der Waals surface area contributed by atoms with Crippen molar-refractivity contribution in [3.63, 3.8) is 0 Å². The highest BCUT2D eigenvalue weighted by molar-refractivity contribution is 5.95. The van der Waals surface area contributed by atoms with Gasteiger partial charge in [-0.15, -0.1) is 0 Å². The van der Waals surface area contributed by atoms with Gasteiger partial charge in [0.2, 0.25) is 5.88 Å². The van der Waals surface area contributed by atoms with Gasteiger partial charge in [0.15, 0.2) is 0 Å². The topological polar surface area (TPSA) is 97.6 Å². The number of hydrogen-bond donors (Lipinski definition) is 0. The van der Waals surface area contributed by atoms with Gasteiger partial charge in [-0.3, -0.25) is 4.79 Å². The third kappa shape index (κ3) is 4.36. The number of nitriles is 1. The average molecular weight is 461 g/mol. The molecule has 1 saturated heterocycles. The van der Waals surface area contributed by atoms with Gasteiger partial charge in [-0.25, -0.2) is 4.98 Å². The van der Waals surface area contributed by atoms with Crippen molar-refractivity contribution in [2.75, 3.05) is 26.8 Å². The predicted molar refractivity (Wildman–Crippen MR) is 125 cm³/mol. The second-order valence-corrected chi connectivity index (χ2v) is 9.39. The number of carbonyl (C=O) groups is 1. The smallest absolute Gasteiger partial charge is 0.254 e. The van der Waals surface area contributed by atoms with E-state index in [0.717, 1.165) is 24.1 Å². The Morgan fingerprint density at radius 3 is 2.88 bits per heavy atom. The summed E-state index contributed by atoms with van der Waals surface area (Å²) in [5.74, 6) is 1.67. The minimum Gasteiger partial charge on any atom is -0.496 e. The molecule has 1 amide bonds. The van der Waals surface area contributed by atoms with Crippen molar-refractivity contribution < 1.29 is 19.0 Å². The van der Waals surface area contributed by atoms with Crippen molar-refractivity contribution in [3.05, 3.63) is 52.5 Å². The molecule has 2 heterocycles. The number of amides is 1. The first-order valence-corrected chi connectivity index (χ1v) is 11.7. The fourth-order valence-electron chi connectivity index (χ4n) is 4.40. The van der Waals surface area contributed by atoms with Crippen LogP contribution in [0.2, 0.25) is 0 Å². The van der Waals surface area contributed by atoms with Gasteiger partial charge in [-0.1, -0.05) is 12.1 Å². The van der Waals surface area contributed by atoms with Crippen LogP contribution < -0.4 is 9.47 Å². The quantitative estimate of drug-likeness (QED) is 0.652.